The van der Waals surface area contributed by atoms with E-state index >= 15 is 0 Å². The molecule has 1 unspecified atom stereocenters. The van der Waals surface area contributed by atoms with Crippen molar-refractivity contribution in [1.29, 1.82) is 0 Å². The van der Waals surface area contributed by atoms with Crippen LogP contribution in [0.5, 0.6) is 0 Å². The molecule has 3 rings (SSSR count). The molecular formula is C20H27N3O4S2. The van der Waals surface area contributed by atoms with Gasteiger partial charge in [0.15, 0.2) is 0 Å². The van der Waals surface area contributed by atoms with Crippen molar-refractivity contribution in [2.75, 3.05) is 30.3 Å². The van der Waals surface area contributed by atoms with Crippen molar-refractivity contribution in [2.45, 2.75) is 42.0 Å². The Kier molecular flexibility index (Phi) is 6.21. The molecule has 158 valence electrons. The molecule has 2 aromatic carbocycles. The summed E-state index contributed by atoms with van der Waals surface area (Å²) in [6.07, 6.45) is 3.32. The molecular weight excluding hydrogens is 410 g/mol. The van der Waals surface area contributed by atoms with Crippen molar-refractivity contribution in [3.63, 3.8) is 0 Å². The standard InChI is InChI=1S/C20H27N3O4S2/c1-16-8-6-7-15-23(16)20-10-5-4-9-19(20)21-28(24,25)17-11-13-18(14-12-17)29(26,27)22(2)3/h4-5,9-14,16,21H,6-8,15H2,1-3H3. The third-order valence-electron chi connectivity index (χ3n) is 5.17. The van der Waals surface area contributed by atoms with Crippen LogP contribution in [0.25, 0.3) is 0 Å². The van der Waals surface area contributed by atoms with E-state index in [2.05, 4.69) is 16.5 Å². The quantitative estimate of drug-likeness (QED) is 0.750. The van der Waals surface area contributed by atoms with E-state index in [4.69, 9.17) is 0 Å². The molecule has 29 heavy (non-hydrogen) atoms. The normalized spacial score (nSPS) is 18.1. The SMILES string of the molecule is CC1CCCCN1c1ccccc1NS(=O)(=O)c1ccc(S(=O)(=O)N(C)C)cc1. The predicted molar refractivity (Wildman–Crippen MR) is 115 cm³/mol. The molecule has 0 saturated carbocycles. The number of nitrogens with one attached hydrogen (secondary N) is 1. The fourth-order valence-electron chi connectivity index (χ4n) is 3.47. The van der Waals surface area contributed by atoms with Crippen LogP contribution < -0.4 is 9.62 Å². The lowest BCUT2D eigenvalue weighted by Crippen LogP contribution is -2.38. The number of benzene rings is 2. The Morgan fingerprint density at radius 2 is 1.55 bits per heavy atom. The molecule has 1 atom stereocenters. The Bertz CT molecular complexity index is 1070. The Hall–Kier alpha value is -2.10. The van der Waals surface area contributed by atoms with Crippen molar-refractivity contribution in [1.82, 2.24) is 4.31 Å². The first-order chi connectivity index (χ1) is 13.6. The predicted octanol–water partition coefficient (Wildman–Crippen LogP) is 3.12. The van der Waals surface area contributed by atoms with Gasteiger partial charge >= 0.3 is 0 Å². The molecule has 1 heterocycles. The molecule has 1 aliphatic rings. The first-order valence-electron chi connectivity index (χ1n) is 9.54. The monoisotopic (exact) mass is 437 g/mol. The summed E-state index contributed by atoms with van der Waals surface area (Å²) in [5.74, 6) is 0. The third kappa shape index (κ3) is 4.57. The molecule has 0 aromatic heterocycles. The van der Waals surface area contributed by atoms with E-state index in [1.54, 1.807) is 12.1 Å². The highest BCUT2D eigenvalue weighted by molar-refractivity contribution is 7.92. The van der Waals surface area contributed by atoms with Gasteiger partial charge < -0.3 is 4.90 Å². The van der Waals surface area contributed by atoms with Crippen LogP contribution in [0.15, 0.2) is 58.3 Å². The van der Waals surface area contributed by atoms with Gasteiger partial charge in [0.05, 0.1) is 21.2 Å². The zero-order chi connectivity index (χ0) is 21.2. The lowest BCUT2D eigenvalue weighted by atomic mass is 10.0. The summed E-state index contributed by atoms with van der Waals surface area (Å²) in [5, 5.41) is 0. The first kappa shape index (κ1) is 21.6. The zero-order valence-electron chi connectivity index (χ0n) is 16.9. The second-order valence-electron chi connectivity index (χ2n) is 7.42. The number of hydrogen-bond acceptors (Lipinski definition) is 5. The number of nitrogens with zero attached hydrogens (tertiary/aromatic N) is 2. The molecule has 1 saturated heterocycles. The van der Waals surface area contributed by atoms with Gasteiger partial charge in [0, 0.05) is 26.7 Å². The van der Waals surface area contributed by atoms with Crippen molar-refractivity contribution in [3.8, 4) is 0 Å². The number of hydrogen-bond donors (Lipinski definition) is 1. The molecule has 1 fully saturated rings. The van der Waals surface area contributed by atoms with Crippen LogP contribution in [0, 0.1) is 0 Å². The lowest BCUT2D eigenvalue weighted by molar-refractivity contribution is 0.485. The summed E-state index contributed by atoms with van der Waals surface area (Å²) in [6, 6.07) is 12.9. The van der Waals surface area contributed by atoms with Gasteiger partial charge in [-0.3, -0.25) is 4.72 Å². The maximum atomic E-state index is 12.9. The number of piperidine rings is 1. The zero-order valence-corrected chi connectivity index (χ0v) is 18.5. The van der Waals surface area contributed by atoms with Gasteiger partial charge in [0.1, 0.15) is 0 Å². The van der Waals surface area contributed by atoms with Gasteiger partial charge in [-0.25, -0.2) is 21.1 Å². The summed E-state index contributed by atoms with van der Waals surface area (Å²) in [5.41, 5.74) is 1.38. The Labute approximate surface area is 173 Å². The molecule has 2 aromatic rings. The van der Waals surface area contributed by atoms with Crippen molar-refractivity contribution in [3.05, 3.63) is 48.5 Å². The number of rotatable bonds is 6. The van der Waals surface area contributed by atoms with Gasteiger partial charge in [-0.05, 0) is 62.6 Å². The van der Waals surface area contributed by atoms with E-state index in [0.29, 0.717) is 11.7 Å². The maximum absolute atomic E-state index is 12.9. The highest BCUT2D eigenvalue weighted by Crippen LogP contribution is 2.32. The van der Waals surface area contributed by atoms with Crippen molar-refractivity contribution in [2.24, 2.45) is 0 Å². The summed E-state index contributed by atoms with van der Waals surface area (Å²) in [6.45, 7) is 3.03. The van der Waals surface area contributed by atoms with Crippen LogP contribution in [0.3, 0.4) is 0 Å². The summed E-state index contributed by atoms with van der Waals surface area (Å²) < 4.78 is 54.0. The first-order valence-corrected chi connectivity index (χ1v) is 12.5. The van der Waals surface area contributed by atoms with E-state index in [9.17, 15) is 16.8 Å². The number of para-hydroxylation sites is 2. The Morgan fingerprint density at radius 1 is 0.931 bits per heavy atom. The molecule has 0 aliphatic carbocycles. The van der Waals surface area contributed by atoms with Crippen molar-refractivity contribution < 1.29 is 16.8 Å². The van der Waals surface area contributed by atoms with Crippen LogP contribution in [0.2, 0.25) is 0 Å². The second kappa shape index (κ2) is 8.33. The Morgan fingerprint density at radius 3 is 2.17 bits per heavy atom. The highest BCUT2D eigenvalue weighted by atomic mass is 32.2. The number of anilines is 2. The maximum Gasteiger partial charge on any atom is 0.261 e. The molecule has 9 heteroatoms. The lowest BCUT2D eigenvalue weighted by Gasteiger charge is -2.36. The van der Waals surface area contributed by atoms with Gasteiger partial charge in [-0.1, -0.05) is 12.1 Å². The fourth-order valence-corrected chi connectivity index (χ4v) is 5.45. The van der Waals surface area contributed by atoms with Crippen LogP contribution in [0.4, 0.5) is 11.4 Å². The molecule has 0 amide bonds. The topological polar surface area (TPSA) is 86.8 Å². The second-order valence-corrected chi connectivity index (χ2v) is 11.3. The van der Waals surface area contributed by atoms with Gasteiger partial charge in [-0.15, -0.1) is 0 Å². The van der Waals surface area contributed by atoms with E-state index < -0.39 is 20.0 Å². The van der Waals surface area contributed by atoms with Gasteiger partial charge in [-0.2, -0.15) is 0 Å². The highest BCUT2D eigenvalue weighted by Gasteiger charge is 2.24. The van der Waals surface area contributed by atoms with Gasteiger partial charge in [0.2, 0.25) is 10.0 Å². The number of sulfonamides is 2. The average Bonchev–Trinajstić information content (AvgIpc) is 2.69. The fraction of sp³-hybridized carbons (Fsp3) is 0.400. The summed E-state index contributed by atoms with van der Waals surface area (Å²) in [7, 11) is -4.61. The van der Waals surface area contributed by atoms with Crippen LogP contribution in [0.1, 0.15) is 26.2 Å². The minimum absolute atomic E-state index is 0.0108. The molecule has 0 radical (unpaired) electrons. The minimum atomic E-state index is -3.86. The average molecular weight is 438 g/mol. The van der Waals surface area contributed by atoms with Crippen LogP contribution >= 0.6 is 0 Å². The molecule has 0 spiro atoms. The molecule has 1 N–H and O–H groups in total. The van der Waals surface area contributed by atoms with Crippen molar-refractivity contribution >= 4 is 31.4 Å². The van der Waals surface area contributed by atoms with Crippen LogP contribution in [-0.2, 0) is 20.0 Å². The van der Waals surface area contributed by atoms with E-state index in [-0.39, 0.29) is 9.79 Å². The smallest absolute Gasteiger partial charge is 0.261 e. The molecule has 0 bridgehead atoms. The van der Waals surface area contributed by atoms with E-state index in [0.717, 1.165) is 29.4 Å². The summed E-state index contributed by atoms with van der Waals surface area (Å²) >= 11 is 0. The third-order valence-corrected chi connectivity index (χ3v) is 8.38. The molecule has 1 aliphatic heterocycles. The molecule has 7 nitrogen and oxygen atoms in total. The van der Waals surface area contributed by atoms with Crippen LogP contribution in [-0.4, -0.2) is 47.8 Å². The van der Waals surface area contributed by atoms with E-state index in [1.165, 1.54) is 44.8 Å². The Balaban J connectivity index is 1.89. The van der Waals surface area contributed by atoms with Gasteiger partial charge in [0.25, 0.3) is 10.0 Å². The summed E-state index contributed by atoms with van der Waals surface area (Å²) in [4.78, 5) is 2.29. The minimum Gasteiger partial charge on any atom is -0.367 e. The van der Waals surface area contributed by atoms with E-state index in [1.807, 2.05) is 12.1 Å². The largest absolute Gasteiger partial charge is 0.367 e.